The maximum atomic E-state index is 10.9. The molecule has 8 heteroatoms. The van der Waals surface area contributed by atoms with E-state index in [1.807, 2.05) is 20.8 Å². The molecule has 1 heterocycles. The van der Waals surface area contributed by atoms with Crippen molar-refractivity contribution in [3.05, 3.63) is 16.4 Å². The molecule has 3 N–H and O–H groups in total. The van der Waals surface area contributed by atoms with Gasteiger partial charge in [0.15, 0.2) is 5.03 Å². The number of hydrogen-bond donors (Lipinski definition) is 2. The van der Waals surface area contributed by atoms with Crippen LogP contribution in [0.25, 0.3) is 0 Å². The van der Waals surface area contributed by atoms with Crippen LogP contribution in [0, 0.1) is 10.1 Å². The molecule has 1 aromatic heterocycles. The number of nitrogens with zero attached hydrogens (tertiary/aromatic N) is 3. The highest BCUT2D eigenvalue weighted by molar-refractivity contribution is 8.00. The zero-order valence-electron chi connectivity index (χ0n) is 9.22. The number of thioether (sulfide) groups is 1. The Morgan fingerprint density at radius 1 is 1.50 bits per heavy atom. The average Bonchev–Trinajstić information content (AvgIpc) is 2.14. The summed E-state index contributed by atoms with van der Waals surface area (Å²) in [6.07, 6.45) is 1.25. The van der Waals surface area contributed by atoms with E-state index < -0.39 is 4.92 Å². The first-order chi connectivity index (χ1) is 7.35. The number of nitrogen functional groups attached to an aromatic ring is 1. The van der Waals surface area contributed by atoms with E-state index in [1.165, 1.54) is 18.1 Å². The van der Waals surface area contributed by atoms with Crippen molar-refractivity contribution in [3.8, 4) is 0 Å². The molecule has 0 aliphatic heterocycles. The molecule has 0 aromatic carbocycles. The fourth-order valence-electron chi connectivity index (χ4n) is 0.998. The minimum absolute atomic E-state index is 0.0201. The van der Waals surface area contributed by atoms with Gasteiger partial charge in [-0.2, -0.15) is 0 Å². The lowest BCUT2D eigenvalue weighted by Crippen LogP contribution is -2.14. The summed E-state index contributed by atoms with van der Waals surface area (Å²) in [6, 6.07) is 0. The standard InChI is InChI=1S/C8H13N5O2S/c1-8(2,3)16-7-5(13(14)15)6(12-9)10-4-11-7/h4H,9H2,1-3H3,(H,10,11,12). The molecule has 0 unspecified atom stereocenters. The first-order valence-electron chi connectivity index (χ1n) is 4.50. The molecule has 0 fully saturated rings. The van der Waals surface area contributed by atoms with Crippen LogP contribution in [-0.4, -0.2) is 19.6 Å². The summed E-state index contributed by atoms with van der Waals surface area (Å²) in [4.78, 5) is 18.0. The molecule has 0 aliphatic rings. The van der Waals surface area contributed by atoms with Gasteiger partial charge in [-0.25, -0.2) is 15.8 Å². The summed E-state index contributed by atoms with van der Waals surface area (Å²) in [6.45, 7) is 5.83. The van der Waals surface area contributed by atoms with Crippen LogP contribution in [0.15, 0.2) is 11.4 Å². The second-order valence-electron chi connectivity index (χ2n) is 3.99. The SMILES string of the molecule is CC(C)(C)Sc1ncnc(NN)c1[N+](=O)[O-]. The van der Waals surface area contributed by atoms with Crippen LogP contribution in [0.2, 0.25) is 0 Å². The normalized spacial score (nSPS) is 11.2. The van der Waals surface area contributed by atoms with E-state index in [0.717, 1.165) is 0 Å². The summed E-state index contributed by atoms with van der Waals surface area (Å²) >= 11 is 1.30. The van der Waals surface area contributed by atoms with Gasteiger partial charge in [0.25, 0.3) is 0 Å². The zero-order valence-corrected chi connectivity index (χ0v) is 10.0. The van der Waals surface area contributed by atoms with E-state index >= 15 is 0 Å². The number of nitro groups is 1. The summed E-state index contributed by atoms with van der Waals surface area (Å²) in [5.74, 6) is 5.19. The summed E-state index contributed by atoms with van der Waals surface area (Å²) < 4.78 is -0.176. The maximum Gasteiger partial charge on any atom is 0.344 e. The van der Waals surface area contributed by atoms with Gasteiger partial charge < -0.3 is 5.43 Å². The molecule has 0 spiro atoms. The highest BCUT2D eigenvalue weighted by Gasteiger charge is 2.26. The minimum Gasteiger partial charge on any atom is -0.303 e. The van der Waals surface area contributed by atoms with Crippen molar-refractivity contribution >= 4 is 23.3 Å². The molecular weight excluding hydrogens is 230 g/mol. The largest absolute Gasteiger partial charge is 0.344 e. The molecule has 0 aliphatic carbocycles. The van der Waals surface area contributed by atoms with Gasteiger partial charge in [0.2, 0.25) is 5.82 Å². The molecule has 1 aromatic rings. The second kappa shape index (κ2) is 4.62. The molecule has 16 heavy (non-hydrogen) atoms. The summed E-state index contributed by atoms with van der Waals surface area (Å²) in [7, 11) is 0. The molecule has 0 bridgehead atoms. The third-order valence-electron chi connectivity index (χ3n) is 1.51. The highest BCUT2D eigenvalue weighted by atomic mass is 32.2. The van der Waals surface area contributed by atoms with Crippen LogP contribution in [0.3, 0.4) is 0 Å². The Labute approximate surface area is 97.0 Å². The molecular formula is C8H13N5O2S. The third kappa shape index (κ3) is 3.04. The molecule has 0 radical (unpaired) electrons. The number of rotatable bonds is 3. The topological polar surface area (TPSA) is 107 Å². The molecule has 0 saturated carbocycles. The molecule has 0 atom stereocenters. The van der Waals surface area contributed by atoms with Crippen molar-refractivity contribution in [3.63, 3.8) is 0 Å². The van der Waals surface area contributed by atoms with Crippen LogP contribution in [0.1, 0.15) is 20.8 Å². The molecule has 7 nitrogen and oxygen atoms in total. The monoisotopic (exact) mass is 243 g/mol. The first-order valence-corrected chi connectivity index (χ1v) is 5.32. The van der Waals surface area contributed by atoms with Gasteiger partial charge in [0, 0.05) is 4.75 Å². The summed E-state index contributed by atoms with van der Waals surface area (Å²) in [5, 5.41) is 11.2. The van der Waals surface area contributed by atoms with E-state index in [0.29, 0.717) is 5.03 Å². The fourth-order valence-corrected chi connectivity index (χ4v) is 1.95. The Morgan fingerprint density at radius 2 is 2.12 bits per heavy atom. The lowest BCUT2D eigenvalue weighted by Gasteiger charge is -2.16. The molecule has 1 rings (SSSR count). The lowest BCUT2D eigenvalue weighted by atomic mass is 10.3. The van der Waals surface area contributed by atoms with Gasteiger partial charge in [0.05, 0.1) is 4.92 Å². The van der Waals surface area contributed by atoms with Gasteiger partial charge in [-0.15, -0.1) is 0 Å². The molecule has 0 amide bonds. The van der Waals surface area contributed by atoms with Crippen molar-refractivity contribution in [1.82, 2.24) is 9.97 Å². The number of hydrogen-bond acceptors (Lipinski definition) is 7. The van der Waals surface area contributed by atoms with E-state index in [4.69, 9.17) is 5.84 Å². The number of nitrogens with one attached hydrogen (secondary N) is 1. The van der Waals surface area contributed by atoms with E-state index in [-0.39, 0.29) is 16.3 Å². The van der Waals surface area contributed by atoms with Gasteiger partial charge in [0.1, 0.15) is 6.33 Å². The van der Waals surface area contributed by atoms with Crippen molar-refractivity contribution in [2.24, 2.45) is 5.84 Å². The van der Waals surface area contributed by atoms with Gasteiger partial charge in [-0.05, 0) is 0 Å². The van der Waals surface area contributed by atoms with Crippen LogP contribution in [-0.2, 0) is 0 Å². The fraction of sp³-hybridized carbons (Fsp3) is 0.500. The smallest absolute Gasteiger partial charge is 0.303 e. The zero-order chi connectivity index (χ0) is 12.3. The predicted octanol–water partition coefficient (Wildman–Crippen LogP) is 1.56. The Hall–Kier alpha value is -1.41. The predicted molar refractivity (Wildman–Crippen MR) is 62.1 cm³/mol. The molecule has 0 saturated heterocycles. The third-order valence-corrected chi connectivity index (χ3v) is 2.62. The van der Waals surface area contributed by atoms with E-state index in [9.17, 15) is 10.1 Å². The Bertz CT molecular complexity index is 404. The number of anilines is 1. The minimum atomic E-state index is -0.538. The first kappa shape index (κ1) is 12.7. The van der Waals surface area contributed by atoms with E-state index in [1.54, 1.807) is 0 Å². The number of aromatic nitrogens is 2. The van der Waals surface area contributed by atoms with Crippen LogP contribution in [0.4, 0.5) is 11.5 Å². The van der Waals surface area contributed by atoms with Crippen LogP contribution >= 0.6 is 11.8 Å². The van der Waals surface area contributed by atoms with E-state index in [2.05, 4.69) is 15.4 Å². The highest BCUT2D eigenvalue weighted by Crippen LogP contribution is 2.38. The number of nitrogens with two attached hydrogens (primary N) is 1. The van der Waals surface area contributed by atoms with Crippen molar-refractivity contribution in [2.45, 2.75) is 30.5 Å². The van der Waals surface area contributed by atoms with Crippen molar-refractivity contribution < 1.29 is 4.92 Å². The van der Waals surface area contributed by atoms with Gasteiger partial charge >= 0.3 is 5.69 Å². The van der Waals surface area contributed by atoms with Crippen molar-refractivity contribution in [2.75, 3.05) is 5.43 Å². The average molecular weight is 243 g/mol. The Kier molecular flexibility index (Phi) is 3.66. The summed E-state index contributed by atoms with van der Waals surface area (Å²) in [5.41, 5.74) is 2.01. The quantitative estimate of drug-likeness (QED) is 0.273. The van der Waals surface area contributed by atoms with Gasteiger partial charge in [-0.1, -0.05) is 32.5 Å². The Balaban J connectivity index is 3.22. The van der Waals surface area contributed by atoms with Crippen molar-refractivity contribution in [1.29, 1.82) is 0 Å². The number of hydrazine groups is 1. The van der Waals surface area contributed by atoms with Crippen LogP contribution < -0.4 is 11.3 Å². The van der Waals surface area contributed by atoms with Gasteiger partial charge in [-0.3, -0.25) is 10.1 Å². The lowest BCUT2D eigenvalue weighted by molar-refractivity contribution is -0.387. The Morgan fingerprint density at radius 3 is 2.56 bits per heavy atom. The molecule has 88 valence electrons. The second-order valence-corrected chi connectivity index (χ2v) is 5.81. The van der Waals surface area contributed by atoms with Crippen LogP contribution in [0.5, 0.6) is 0 Å². The maximum absolute atomic E-state index is 10.9.